The van der Waals surface area contributed by atoms with E-state index in [1.165, 1.54) is 6.33 Å². The molecule has 4 N–H and O–H groups in total. The first kappa shape index (κ1) is 20.1. The van der Waals surface area contributed by atoms with Gasteiger partial charge in [-0.3, -0.25) is 14.5 Å². The van der Waals surface area contributed by atoms with Gasteiger partial charge in [-0.1, -0.05) is 24.3 Å². The third-order valence-corrected chi connectivity index (χ3v) is 5.96. The lowest BCUT2D eigenvalue weighted by atomic mass is 9.93. The lowest BCUT2D eigenvalue weighted by molar-refractivity contribution is 0.0585. The number of H-pyrrole nitrogens is 2. The van der Waals surface area contributed by atoms with Crippen LogP contribution < -0.4 is 11.4 Å². The smallest absolute Gasteiger partial charge is 0.327 e. The van der Waals surface area contributed by atoms with Crippen LogP contribution in [-0.4, -0.2) is 53.8 Å². The summed E-state index contributed by atoms with van der Waals surface area (Å²) >= 11 is 0. The van der Waals surface area contributed by atoms with Crippen molar-refractivity contribution in [2.75, 3.05) is 7.11 Å². The van der Waals surface area contributed by atoms with Crippen LogP contribution in [0.25, 0.3) is 33.9 Å². The Morgan fingerprint density at radius 3 is 2.38 bits per heavy atom. The molecule has 32 heavy (non-hydrogen) atoms. The van der Waals surface area contributed by atoms with E-state index >= 15 is 0 Å². The number of carbonyl (C=O) groups excluding carboxylic acids is 1. The van der Waals surface area contributed by atoms with Crippen molar-refractivity contribution >= 4 is 17.1 Å². The molecule has 164 valence electrons. The highest BCUT2D eigenvalue weighted by Gasteiger charge is 2.27. The second kappa shape index (κ2) is 8.00. The molecule has 1 saturated carbocycles. The third kappa shape index (κ3) is 3.46. The number of imidazole rings is 1. The number of hydrogen-bond acceptors (Lipinski definition) is 7. The number of nitrogens with two attached hydrogens (primary N) is 1. The highest BCUT2D eigenvalue weighted by molar-refractivity contribution is 6.01. The molecule has 5 rings (SSSR count). The number of nitrogens with zero attached hydrogens (tertiary/aromatic N) is 5. The number of ether oxygens (including phenoxy) is 1. The second-order valence-electron chi connectivity index (χ2n) is 7.83. The van der Waals surface area contributed by atoms with Crippen molar-refractivity contribution in [3.8, 4) is 22.8 Å². The Morgan fingerprint density at radius 1 is 1.09 bits per heavy atom. The van der Waals surface area contributed by atoms with Gasteiger partial charge >= 0.3 is 5.69 Å². The maximum atomic E-state index is 12.8. The van der Waals surface area contributed by atoms with Gasteiger partial charge in [0.05, 0.1) is 6.10 Å². The molecule has 11 heteroatoms. The second-order valence-corrected chi connectivity index (χ2v) is 7.83. The summed E-state index contributed by atoms with van der Waals surface area (Å²) in [4.78, 5) is 40.9. The lowest BCUT2D eigenvalue weighted by Crippen LogP contribution is -2.28. The number of aromatic amines is 2. The Labute approximate surface area is 182 Å². The molecule has 0 saturated heterocycles. The Hall–Kier alpha value is -3.86. The van der Waals surface area contributed by atoms with Crippen LogP contribution in [0.4, 0.5) is 0 Å². The lowest BCUT2D eigenvalue weighted by Gasteiger charge is -2.28. The zero-order chi connectivity index (χ0) is 22.2. The van der Waals surface area contributed by atoms with Crippen LogP contribution in [0.3, 0.4) is 0 Å². The quantitative estimate of drug-likeness (QED) is 0.432. The van der Waals surface area contributed by atoms with E-state index in [2.05, 4.69) is 30.1 Å². The van der Waals surface area contributed by atoms with E-state index in [0.717, 1.165) is 31.2 Å². The van der Waals surface area contributed by atoms with Crippen LogP contribution in [0.2, 0.25) is 0 Å². The number of aromatic nitrogens is 7. The summed E-state index contributed by atoms with van der Waals surface area (Å²) in [7, 11) is 1.70. The molecule has 0 aliphatic heterocycles. The summed E-state index contributed by atoms with van der Waals surface area (Å²) in [5, 5.41) is 6.74. The van der Waals surface area contributed by atoms with Crippen LogP contribution in [0.1, 0.15) is 42.2 Å². The summed E-state index contributed by atoms with van der Waals surface area (Å²) < 4.78 is 7.07. The van der Waals surface area contributed by atoms with E-state index in [4.69, 9.17) is 10.5 Å². The van der Waals surface area contributed by atoms with Crippen LogP contribution in [0, 0.1) is 0 Å². The van der Waals surface area contributed by atoms with Crippen molar-refractivity contribution in [2.24, 2.45) is 5.73 Å². The summed E-state index contributed by atoms with van der Waals surface area (Å²) in [5.74, 6) is 0.149. The topological polar surface area (TPSA) is 157 Å². The number of benzene rings is 1. The highest BCUT2D eigenvalue weighted by atomic mass is 16.5. The van der Waals surface area contributed by atoms with Crippen LogP contribution >= 0.6 is 0 Å². The van der Waals surface area contributed by atoms with Crippen molar-refractivity contribution in [2.45, 2.75) is 37.8 Å². The fourth-order valence-corrected chi connectivity index (χ4v) is 4.30. The minimum Gasteiger partial charge on any atom is -0.381 e. The fourth-order valence-electron chi connectivity index (χ4n) is 4.30. The van der Waals surface area contributed by atoms with E-state index in [-0.39, 0.29) is 29.0 Å². The van der Waals surface area contributed by atoms with E-state index < -0.39 is 5.91 Å². The number of nitrogens with one attached hydrogen (secondary N) is 2. The Bertz CT molecular complexity index is 1320. The summed E-state index contributed by atoms with van der Waals surface area (Å²) in [5.41, 5.74) is 7.40. The zero-order valence-corrected chi connectivity index (χ0v) is 17.4. The number of hydrogen-bond donors (Lipinski definition) is 3. The SMILES string of the molecule is COC1CCC(n2c(=O)[nH]c3c(C(N)=O)nc(-c4ccc(-c5nc[nH]n5)cc4)nc32)CC1. The average Bonchev–Trinajstić information content (AvgIpc) is 3.46. The minimum absolute atomic E-state index is 0.00975. The molecule has 1 aliphatic rings. The molecule has 4 aromatic rings. The molecule has 11 nitrogen and oxygen atoms in total. The number of fused-ring (bicyclic) bond motifs is 1. The predicted molar refractivity (Wildman–Crippen MR) is 116 cm³/mol. The van der Waals surface area contributed by atoms with Crippen molar-refractivity contribution in [3.05, 3.63) is 46.8 Å². The maximum Gasteiger partial charge on any atom is 0.327 e. The molecule has 1 amide bonds. The summed E-state index contributed by atoms with van der Waals surface area (Å²) in [6.45, 7) is 0. The highest BCUT2D eigenvalue weighted by Crippen LogP contribution is 2.31. The van der Waals surface area contributed by atoms with Gasteiger partial charge in [-0.15, -0.1) is 0 Å². The van der Waals surface area contributed by atoms with Gasteiger partial charge in [0.15, 0.2) is 23.0 Å². The van der Waals surface area contributed by atoms with Gasteiger partial charge in [0.25, 0.3) is 5.91 Å². The number of carbonyl (C=O) groups is 1. The van der Waals surface area contributed by atoms with E-state index in [0.29, 0.717) is 22.9 Å². The van der Waals surface area contributed by atoms with Gasteiger partial charge in [0.2, 0.25) is 0 Å². The molecular formula is C21H22N8O3. The van der Waals surface area contributed by atoms with E-state index in [1.54, 1.807) is 11.7 Å². The van der Waals surface area contributed by atoms with E-state index in [1.807, 2.05) is 24.3 Å². The minimum atomic E-state index is -0.729. The maximum absolute atomic E-state index is 12.8. The molecule has 1 aromatic carbocycles. The predicted octanol–water partition coefficient (Wildman–Crippen LogP) is 1.80. The molecule has 1 aliphatic carbocycles. The number of rotatable bonds is 5. The monoisotopic (exact) mass is 434 g/mol. The van der Waals surface area contributed by atoms with Gasteiger partial charge in [-0.2, -0.15) is 5.10 Å². The molecule has 0 spiro atoms. The zero-order valence-electron chi connectivity index (χ0n) is 17.4. The average molecular weight is 434 g/mol. The van der Waals surface area contributed by atoms with Crippen molar-refractivity contribution < 1.29 is 9.53 Å². The third-order valence-electron chi connectivity index (χ3n) is 5.96. The Kier molecular flexibility index (Phi) is 5.02. The summed E-state index contributed by atoms with van der Waals surface area (Å²) in [6.07, 6.45) is 4.96. The van der Waals surface area contributed by atoms with E-state index in [9.17, 15) is 9.59 Å². The number of amides is 1. The fraction of sp³-hybridized carbons (Fsp3) is 0.333. The molecule has 0 unspecified atom stereocenters. The molecule has 3 heterocycles. The normalized spacial score (nSPS) is 18.8. The largest absolute Gasteiger partial charge is 0.381 e. The van der Waals surface area contributed by atoms with Gasteiger partial charge < -0.3 is 15.5 Å². The van der Waals surface area contributed by atoms with Gasteiger partial charge in [-0.05, 0) is 25.7 Å². The Balaban J connectivity index is 1.60. The molecule has 0 atom stereocenters. The molecule has 1 fully saturated rings. The van der Waals surface area contributed by atoms with Gasteiger partial charge in [-0.25, -0.2) is 19.7 Å². The van der Waals surface area contributed by atoms with Gasteiger partial charge in [0.1, 0.15) is 11.8 Å². The van der Waals surface area contributed by atoms with Gasteiger partial charge in [0, 0.05) is 24.3 Å². The van der Waals surface area contributed by atoms with Crippen LogP contribution in [0.15, 0.2) is 35.4 Å². The first-order chi connectivity index (χ1) is 15.5. The molecule has 3 aromatic heterocycles. The van der Waals surface area contributed by atoms with Crippen LogP contribution in [-0.2, 0) is 4.74 Å². The Morgan fingerprint density at radius 2 is 1.78 bits per heavy atom. The van der Waals surface area contributed by atoms with Crippen molar-refractivity contribution in [1.82, 2.24) is 34.7 Å². The molecule has 0 radical (unpaired) electrons. The number of methoxy groups -OCH3 is 1. The van der Waals surface area contributed by atoms with Crippen molar-refractivity contribution in [3.63, 3.8) is 0 Å². The summed E-state index contributed by atoms with van der Waals surface area (Å²) in [6, 6.07) is 7.27. The first-order valence-corrected chi connectivity index (χ1v) is 10.4. The van der Waals surface area contributed by atoms with Crippen molar-refractivity contribution in [1.29, 1.82) is 0 Å². The number of primary amides is 1. The standard InChI is InChI=1S/C21H22N8O3/c1-32-14-8-6-13(7-9-14)29-20-16(26-21(29)31)15(17(22)30)25-19(27-20)12-4-2-11(3-5-12)18-23-10-24-28-18/h2-5,10,13-14H,6-9H2,1H3,(H2,22,30)(H,26,31)(H,23,24,28). The van der Waals surface area contributed by atoms with Crippen LogP contribution in [0.5, 0.6) is 0 Å². The molecule has 0 bridgehead atoms. The first-order valence-electron chi connectivity index (χ1n) is 10.4. The molecular weight excluding hydrogens is 412 g/mol.